The standard InChI is InChI=1S/C10H16BrNOS/c1-12-9(4-3-5-13-2)10-6-8(11)7-14-10/h6-7,9,12H,3-5H2,1-2H3. The van der Waals surface area contributed by atoms with Gasteiger partial charge in [0.25, 0.3) is 0 Å². The van der Waals surface area contributed by atoms with E-state index in [-0.39, 0.29) is 0 Å². The van der Waals surface area contributed by atoms with Gasteiger partial charge in [-0.2, -0.15) is 0 Å². The Bertz CT molecular complexity index is 264. The Morgan fingerprint density at radius 3 is 2.93 bits per heavy atom. The minimum atomic E-state index is 0.460. The lowest BCUT2D eigenvalue weighted by atomic mass is 10.1. The van der Waals surface area contributed by atoms with E-state index in [2.05, 4.69) is 32.7 Å². The van der Waals surface area contributed by atoms with Gasteiger partial charge in [-0.25, -0.2) is 0 Å². The minimum absolute atomic E-state index is 0.460. The predicted octanol–water partition coefficient (Wildman–Crippen LogP) is 3.20. The Morgan fingerprint density at radius 1 is 1.64 bits per heavy atom. The van der Waals surface area contributed by atoms with Crippen LogP contribution in [0.2, 0.25) is 0 Å². The highest BCUT2D eigenvalue weighted by Gasteiger charge is 2.10. The summed E-state index contributed by atoms with van der Waals surface area (Å²) in [5.41, 5.74) is 0. The van der Waals surface area contributed by atoms with Crippen LogP contribution in [0.5, 0.6) is 0 Å². The van der Waals surface area contributed by atoms with Crippen molar-refractivity contribution in [3.8, 4) is 0 Å². The molecule has 0 spiro atoms. The van der Waals surface area contributed by atoms with Gasteiger partial charge >= 0.3 is 0 Å². The van der Waals surface area contributed by atoms with Crippen LogP contribution in [-0.4, -0.2) is 20.8 Å². The van der Waals surface area contributed by atoms with Crippen LogP contribution < -0.4 is 5.32 Å². The van der Waals surface area contributed by atoms with Crippen molar-refractivity contribution in [1.82, 2.24) is 5.32 Å². The molecule has 4 heteroatoms. The molecular weight excluding hydrogens is 262 g/mol. The molecule has 0 aliphatic carbocycles. The number of thiophene rings is 1. The zero-order valence-electron chi connectivity index (χ0n) is 8.55. The second kappa shape index (κ2) is 6.56. The first kappa shape index (κ1) is 12.2. The molecule has 0 aliphatic heterocycles. The van der Waals surface area contributed by atoms with Crippen LogP contribution in [0.4, 0.5) is 0 Å². The third-order valence-corrected chi connectivity index (χ3v) is 3.93. The van der Waals surface area contributed by atoms with Crippen LogP contribution in [0.3, 0.4) is 0 Å². The molecule has 1 aromatic rings. The summed E-state index contributed by atoms with van der Waals surface area (Å²) in [6, 6.07) is 2.64. The highest BCUT2D eigenvalue weighted by Crippen LogP contribution is 2.27. The lowest BCUT2D eigenvalue weighted by Crippen LogP contribution is -2.15. The zero-order chi connectivity index (χ0) is 10.4. The summed E-state index contributed by atoms with van der Waals surface area (Å²) in [6.07, 6.45) is 2.22. The molecule has 1 rings (SSSR count). The highest BCUT2D eigenvalue weighted by molar-refractivity contribution is 9.10. The van der Waals surface area contributed by atoms with Crippen LogP contribution in [0, 0.1) is 0 Å². The molecule has 2 nitrogen and oxygen atoms in total. The van der Waals surface area contributed by atoms with Gasteiger partial charge in [0.15, 0.2) is 0 Å². The molecule has 1 N–H and O–H groups in total. The van der Waals surface area contributed by atoms with Crippen LogP contribution in [-0.2, 0) is 4.74 Å². The van der Waals surface area contributed by atoms with E-state index in [9.17, 15) is 0 Å². The SMILES string of the molecule is CNC(CCCOC)c1cc(Br)cs1. The molecule has 14 heavy (non-hydrogen) atoms. The van der Waals surface area contributed by atoms with Gasteiger partial charge in [-0.1, -0.05) is 0 Å². The van der Waals surface area contributed by atoms with E-state index in [1.54, 1.807) is 18.4 Å². The molecule has 1 atom stereocenters. The second-order valence-electron chi connectivity index (χ2n) is 3.14. The number of rotatable bonds is 6. The first-order valence-corrected chi connectivity index (χ1v) is 6.35. The summed E-state index contributed by atoms with van der Waals surface area (Å²) in [6.45, 7) is 0.838. The van der Waals surface area contributed by atoms with Crippen LogP contribution in [0.25, 0.3) is 0 Å². The van der Waals surface area contributed by atoms with E-state index in [0.29, 0.717) is 6.04 Å². The van der Waals surface area contributed by atoms with E-state index >= 15 is 0 Å². The Kier molecular flexibility index (Phi) is 5.70. The first-order chi connectivity index (χ1) is 6.77. The Hall–Kier alpha value is 0.1000. The van der Waals surface area contributed by atoms with E-state index in [4.69, 9.17) is 4.74 Å². The summed E-state index contributed by atoms with van der Waals surface area (Å²) in [5, 5.41) is 5.45. The van der Waals surface area contributed by atoms with Gasteiger partial charge in [-0.3, -0.25) is 0 Å². The Balaban J connectivity index is 2.45. The van der Waals surface area contributed by atoms with Crippen LogP contribution in [0.1, 0.15) is 23.8 Å². The number of ether oxygens (including phenoxy) is 1. The maximum atomic E-state index is 5.04. The molecule has 0 saturated heterocycles. The van der Waals surface area contributed by atoms with E-state index in [1.165, 1.54) is 9.35 Å². The summed E-state index contributed by atoms with van der Waals surface area (Å²) >= 11 is 5.26. The Labute approximate surface area is 97.8 Å². The fraction of sp³-hybridized carbons (Fsp3) is 0.600. The third kappa shape index (κ3) is 3.69. The van der Waals surface area contributed by atoms with Gasteiger partial charge in [0.05, 0.1) is 0 Å². The molecule has 0 fully saturated rings. The number of methoxy groups -OCH3 is 1. The number of hydrogen-bond acceptors (Lipinski definition) is 3. The molecule has 80 valence electrons. The number of halogens is 1. The molecule has 0 saturated carbocycles. The highest BCUT2D eigenvalue weighted by atomic mass is 79.9. The van der Waals surface area contributed by atoms with Crippen molar-refractivity contribution < 1.29 is 4.74 Å². The monoisotopic (exact) mass is 277 g/mol. The second-order valence-corrected chi connectivity index (χ2v) is 5.00. The molecule has 0 aliphatic rings. The van der Waals surface area contributed by atoms with Gasteiger partial charge in [-0.05, 0) is 41.9 Å². The minimum Gasteiger partial charge on any atom is -0.385 e. The molecule has 0 radical (unpaired) electrons. The normalized spacial score (nSPS) is 13.1. The summed E-state index contributed by atoms with van der Waals surface area (Å²) in [7, 11) is 3.75. The smallest absolute Gasteiger partial charge is 0.0462 e. The van der Waals surface area contributed by atoms with Crippen molar-refractivity contribution >= 4 is 27.3 Å². The van der Waals surface area contributed by atoms with E-state index in [1.807, 2.05) is 7.05 Å². The van der Waals surface area contributed by atoms with Gasteiger partial charge in [0, 0.05) is 34.5 Å². The fourth-order valence-electron chi connectivity index (χ4n) is 1.37. The molecule has 1 aromatic heterocycles. The van der Waals surface area contributed by atoms with Gasteiger partial charge < -0.3 is 10.1 Å². The largest absolute Gasteiger partial charge is 0.385 e. The zero-order valence-corrected chi connectivity index (χ0v) is 11.0. The van der Waals surface area contributed by atoms with Crippen LogP contribution in [0.15, 0.2) is 15.9 Å². The maximum absolute atomic E-state index is 5.04. The first-order valence-electron chi connectivity index (χ1n) is 4.68. The molecule has 1 heterocycles. The quantitative estimate of drug-likeness (QED) is 0.807. The summed E-state index contributed by atoms with van der Waals surface area (Å²) in [5.74, 6) is 0. The molecule has 0 amide bonds. The number of nitrogens with one attached hydrogen (secondary N) is 1. The van der Waals surface area contributed by atoms with Gasteiger partial charge in [0.1, 0.15) is 0 Å². The van der Waals surface area contributed by atoms with E-state index in [0.717, 1.165) is 19.4 Å². The average molecular weight is 278 g/mol. The van der Waals surface area contributed by atoms with Crippen molar-refractivity contribution in [3.05, 3.63) is 20.8 Å². The van der Waals surface area contributed by atoms with Crippen molar-refractivity contribution in [2.24, 2.45) is 0 Å². The van der Waals surface area contributed by atoms with E-state index < -0.39 is 0 Å². The van der Waals surface area contributed by atoms with Gasteiger partial charge in [-0.15, -0.1) is 11.3 Å². The Morgan fingerprint density at radius 2 is 2.43 bits per heavy atom. The fourth-order valence-corrected chi connectivity index (χ4v) is 2.96. The maximum Gasteiger partial charge on any atom is 0.0462 e. The van der Waals surface area contributed by atoms with Crippen molar-refractivity contribution in [1.29, 1.82) is 0 Å². The lowest BCUT2D eigenvalue weighted by Gasteiger charge is -2.13. The summed E-state index contributed by atoms with van der Waals surface area (Å²) in [4.78, 5) is 1.38. The van der Waals surface area contributed by atoms with Crippen molar-refractivity contribution in [2.45, 2.75) is 18.9 Å². The number of hydrogen-bond donors (Lipinski definition) is 1. The molecule has 1 unspecified atom stereocenters. The molecular formula is C10H16BrNOS. The topological polar surface area (TPSA) is 21.3 Å². The third-order valence-electron chi connectivity index (χ3n) is 2.12. The average Bonchev–Trinajstić information content (AvgIpc) is 2.60. The van der Waals surface area contributed by atoms with Crippen molar-refractivity contribution in [2.75, 3.05) is 20.8 Å². The van der Waals surface area contributed by atoms with Crippen molar-refractivity contribution in [3.63, 3.8) is 0 Å². The summed E-state index contributed by atoms with van der Waals surface area (Å²) < 4.78 is 6.21. The molecule has 0 aromatic carbocycles. The van der Waals surface area contributed by atoms with Crippen LogP contribution >= 0.6 is 27.3 Å². The van der Waals surface area contributed by atoms with Gasteiger partial charge in [0.2, 0.25) is 0 Å². The molecule has 0 bridgehead atoms. The predicted molar refractivity (Wildman–Crippen MR) is 64.9 cm³/mol. The lowest BCUT2D eigenvalue weighted by molar-refractivity contribution is 0.189.